The van der Waals surface area contributed by atoms with Crippen LogP contribution in [0.15, 0.2) is 114 Å². The van der Waals surface area contributed by atoms with Gasteiger partial charge in [-0.2, -0.15) is 0 Å². The average Bonchev–Trinajstić information content (AvgIpc) is 3.44. The molecule has 1 aromatic heterocycles. The summed E-state index contributed by atoms with van der Waals surface area (Å²) < 4.78 is 0. The fourth-order valence-electron chi connectivity index (χ4n) is 4.65. The van der Waals surface area contributed by atoms with Gasteiger partial charge in [0.2, 0.25) is 5.91 Å². The third-order valence-electron chi connectivity index (χ3n) is 7.29. The number of amides is 3. The van der Waals surface area contributed by atoms with Crippen LogP contribution >= 0.6 is 23.1 Å². The molecule has 9 heteroatoms. The molecule has 4 aromatic carbocycles. The molecular weight excluding hydrogens is 625 g/mol. The number of carbonyl (C=O) groups excluding carboxylic acids is 3. The van der Waals surface area contributed by atoms with Gasteiger partial charge in [-0.05, 0) is 73.4 Å². The summed E-state index contributed by atoms with van der Waals surface area (Å²) in [6.07, 6.45) is 1.66. The molecule has 7 nitrogen and oxygen atoms in total. The number of hydrogen-bond donors (Lipinski definition) is 3. The van der Waals surface area contributed by atoms with Crippen molar-refractivity contribution in [3.05, 3.63) is 136 Å². The second-order valence-electron chi connectivity index (χ2n) is 11.3. The van der Waals surface area contributed by atoms with Crippen LogP contribution in [0.2, 0.25) is 0 Å². The van der Waals surface area contributed by atoms with Gasteiger partial charge in [0.25, 0.3) is 11.8 Å². The van der Waals surface area contributed by atoms with Crippen molar-refractivity contribution in [2.24, 2.45) is 0 Å². The minimum atomic E-state index is -0.453. The molecule has 0 saturated heterocycles. The molecule has 0 radical (unpaired) electrons. The van der Waals surface area contributed by atoms with Crippen LogP contribution in [0.1, 0.15) is 51.7 Å². The van der Waals surface area contributed by atoms with E-state index in [0.29, 0.717) is 22.3 Å². The number of thioether (sulfide) groups is 1. The zero-order valence-corrected chi connectivity index (χ0v) is 28.3. The topological polar surface area (TPSA) is 100 Å². The van der Waals surface area contributed by atoms with Crippen molar-refractivity contribution in [1.82, 2.24) is 10.3 Å². The zero-order chi connectivity index (χ0) is 33.3. The van der Waals surface area contributed by atoms with E-state index in [9.17, 15) is 14.4 Å². The van der Waals surface area contributed by atoms with Gasteiger partial charge in [0.1, 0.15) is 5.70 Å². The second kappa shape index (κ2) is 15.5. The highest BCUT2D eigenvalue weighted by molar-refractivity contribution is 8.00. The maximum Gasteiger partial charge on any atom is 0.272 e. The molecule has 0 unspecified atom stereocenters. The number of benzene rings is 4. The van der Waals surface area contributed by atoms with E-state index in [1.807, 2.05) is 80.6 Å². The highest BCUT2D eigenvalue weighted by Gasteiger charge is 2.16. The van der Waals surface area contributed by atoms with E-state index in [-0.39, 0.29) is 23.3 Å². The van der Waals surface area contributed by atoms with Crippen LogP contribution in [0.4, 0.5) is 10.8 Å². The van der Waals surface area contributed by atoms with Crippen molar-refractivity contribution < 1.29 is 14.4 Å². The molecule has 0 aliphatic heterocycles. The van der Waals surface area contributed by atoms with Gasteiger partial charge in [-0.3, -0.25) is 14.4 Å². The number of nitrogens with one attached hydrogen (secondary N) is 3. The van der Waals surface area contributed by atoms with E-state index >= 15 is 0 Å². The van der Waals surface area contributed by atoms with Gasteiger partial charge in [-0.25, -0.2) is 4.98 Å². The first kappa shape index (κ1) is 33.4. The molecule has 0 saturated carbocycles. The first-order chi connectivity index (χ1) is 22.6. The van der Waals surface area contributed by atoms with Gasteiger partial charge in [-0.1, -0.05) is 86.1 Å². The van der Waals surface area contributed by atoms with Gasteiger partial charge in [0.15, 0.2) is 5.13 Å². The van der Waals surface area contributed by atoms with Crippen LogP contribution in [0.5, 0.6) is 0 Å². The Morgan fingerprint density at radius 1 is 0.830 bits per heavy atom. The number of aryl methyl sites for hydroxylation is 2. The van der Waals surface area contributed by atoms with Crippen molar-refractivity contribution in [2.45, 2.75) is 38.5 Å². The molecule has 238 valence electrons. The Morgan fingerprint density at radius 3 is 2.17 bits per heavy atom. The summed E-state index contributed by atoms with van der Waals surface area (Å²) in [5.74, 6) is -0.398. The quantitative estimate of drug-likeness (QED) is 0.0972. The highest BCUT2D eigenvalue weighted by Crippen LogP contribution is 2.31. The molecule has 47 heavy (non-hydrogen) atoms. The standard InChI is InChI=1S/C38H36N4O3S2/c1-24(2)28-16-12-27(13-17-28)22-33(40-36(44)30-8-6-5-7-9-30)37(45)39-31-18-20-32(21-19-31)46-23-34(43)41-38-42-35(26(4)47-38)29-14-10-25(3)11-15-29/h5-22,24H,23H2,1-4H3,(H,39,45)(H,40,44)(H,41,42,43)/b33-22-. The predicted octanol–water partition coefficient (Wildman–Crippen LogP) is 8.69. The first-order valence-electron chi connectivity index (χ1n) is 15.2. The van der Waals surface area contributed by atoms with Gasteiger partial charge in [0, 0.05) is 26.6 Å². The molecule has 3 N–H and O–H groups in total. The minimum Gasteiger partial charge on any atom is -0.321 e. The molecule has 0 spiro atoms. The maximum atomic E-state index is 13.4. The molecule has 5 rings (SSSR count). The number of rotatable bonds is 11. The number of aromatic nitrogens is 1. The monoisotopic (exact) mass is 660 g/mol. The summed E-state index contributed by atoms with van der Waals surface area (Å²) in [6.45, 7) is 8.28. The lowest BCUT2D eigenvalue weighted by Gasteiger charge is -2.12. The van der Waals surface area contributed by atoms with Crippen LogP contribution in [0.3, 0.4) is 0 Å². The summed E-state index contributed by atoms with van der Waals surface area (Å²) in [6, 6.07) is 32.0. The molecule has 0 atom stereocenters. The Balaban J connectivity index is 1.20. The van der Waals surface area contributed by atoms with Crippen LogP contribution in [0.25, 0.3) is 17.3 Å². The van der Waals surface area contributed by atoms with Crippen LogP contribution in [-0.4, -0.2) is 28.5 Å². The fourth-order valence-corrected chi connectivity index (χ4v) is 6.20. The first-order valence-corrected chi connectivity index (χ1v) is 17.0. The zero-order valence-electron chi connectivity index (χ0n) is 26.7. The molecule has 3 amide bonds. The third kappa shape index (κ3) is 9.28. The normalized spacial score (nSPS) is 11.3. The van der Waals surface area contributed by atoms with Gasteiger partial charge in [-0.15, -0.1) is 23.1 Å². The van der Waals surface area contributed by atoms with E-state index in [2.05, 4.69) is 34.8 Å². The van der Waals surface area contributed by atoms with E-state index in [1.54, 1.807) is 42.5 Å². The number of hydrogen-bond acceptors (Lipinski definition) is 6. The summed E-state index contributed by atoms with van der Waals surface area (Å²) in [4.78, 5) is 45.6. The molecule has 0 aliphatic carbocycles. The molecule has 1 heterocycles. The fraction of sp³-hybridized carbons (Fsp3) is 0.158. The Labute approximate surface area is 283 Å². The third-order valence-corrected chi connectivity index (χ3v) is 9.19. The SMILES string of the molecule is Cc1ccc(-c2nc(NC(=O)CSc3ccc(NC(=O)/C(=C/c4ccc(C(C)C)cc4)NC(=O)c4ccccc4)cc3)sc2C)cc1. The predicted molar refractivity (Wildman–Crippen MR) is 194 cm³/mol. The van der Waals surface area contributed by atoms with Crippen LogP contribution in [0, 0.1) is 13.8 Å². The second-order valence-corrected chi connectivity index (χ2v) is 13.6. The van der Waals surface area contributed by atoms with E-state index in [4.69, 9.17) is 0 Å². The largest absolute Gasteiger partial charge is 0.321 e. The summed E-state index contributed by atoms with van der Waals surface area (Å²) in [5.41, 5.74) is 6.17. The summed E-state index contributed by atoms with van der Waals surface area (Å²) in [7, 11) is 0. The summed E-state index contributed by atoms with van der Waals surface area (Å²) in [5, 5.41) is 9.14. The molecule has 0 fully saturated rings. The average molecular weight is 661 g/mol. The lowest BCUT2D eigenvalue weighted by Crippen LogP contribution is -2.30. The van der Waals surface area contributed by atoms with Crippen molar-refractivity contribution in [3.63, 3.8) is 0 Å². The number of thiazole rings is 1. The minimum absolute atomic E-state index is 0.120. The van der Waals surface area contributed by atoms with Gasteiger partial charge >= 0.3 is 0 Å². The number of anilines is 2. The van der Waals surface area contributed by atoms with Crippen LogP contribution < -0.4 is 16.0 Å². The molecule has 5 aromatic rings. The maximum absolute atomic E-state index is 13.4. The molecular formula is C38H36N4O3S2. The molecule has 0 aliphatic rings. The summed E-state index contributed by atoms with van der Waals surface area (Å²) >= 11 is 2.84. The molecule has 0 bridgehead atoms. The number of carbonyl (C=O) groups is 3. The van der Waals surface area contributed by atoms with E-state index in [1.165, 1.54) is 34.2 Å². The number of nitrogens with zero attached hydrogens (tertiary/aromatic N) is 1. The Morgan fingerprint density at radius 2 is 1.51 bits per heavy atom. The Kier molecular flexibility index (Phi) is 11.0. The lowest BCUT2D eigenvalue weighted by atomic mass is 10.0. The van der Waals surface area contributed by atoms with Crippen molar-refractivity contribution in [2.75, 3.05) is 16.4 Å². The van der Waals surface area contributed by atoms with Gasteiger partial charge in [0.05, 0.1) is 11.4 Å². The van der Waals surface area contributed by atoms with Crippen molar-refractivity contribution in [3.8, 4) is 11.3 Å². The highest BCUT2D eigenvalue weighted by atomic mass is 32.2. The smallest absolute Gasteiger partial charge is 0.272 e. The van der Waals surface area contributed by atoms with Gasteiger partial charge < -0.3 is 16.0 Å². The van der Waals surface area contributed by atoms with Crippen LogP contribution in [-0.2, 0) is 9.59 Å². The lowest BCUT2D eigenvalue weighted by molar-refractivity contribution is -0.114. The van der Waals surface area contributed by atoms with Crippen molar-refractivity contribution >= 4 is 57.7 Å². The van der Waals surface area contributed by atoms with E-state index in [0.717, 1.165) is 26.6 Å². The Hall–Kier alpha value is -4.99. The van der Waals surface area contributed by atoms with E-state index < -0.39 is 5.91 Å². The van der Waals surface area contributed by atoms with Crippen molar-refractivity contribution in [1.29, 1.82) is 0 Å². The Bertz CT molecular complexity index is 1880.